The number of carbonyl (C=O) groups is 1. The van der Waals surface area contributed by atoms with E-state index >= 15 is 0 Å². The molecule has 1 aromatic carbocycles. The highest BCUT2D eigenvalue weighted by Crippen LogP contribution is 2.41. The minimum atomic E-state index is -0.782. The van der Waals surface area contributed by atoms with Crippen LogP contribution in [0.3, 0.4) is 0 Å². The van der Waals surface area contributed by atoms with Crippen LogP contribution in [0.1, 0.15) is 37.7 Å². The molecule has 23 heavy (non-hydrogen) atoms. The molecule has 0 aromatic heterocycles. The van der Waals surface area contributed by atoms with E-state index in [0.29, 0.717) is 19.5 Å². The summed E-state index contributed by atoms with van der Waals surface area (Å²) in [7, 11) is 3.24. The van der Waals surface area contributed by atoms with Crippen molar-refractivity contribution in [3.05, 3.63) is 23.8 Å². The molecule has 1 heterocycles. The Kier molecular flexibility index (Phi) is 4.48. The average Bonchev–Trinajstić information content (AvgIpc) is 2.57. The van der Waals surface area contributed by atoms with Gasteiger partial charge in [-0.2, -0.15) is 0 Å². The van der Waals surface area contributed by atoms with Crippen LogP contribution in [-0.4, -0.2) is 42.3 Å². The quantitative estimate of drug-likeness (QED) is 0.925. The third kappa shape index (κ3) is 3.02. The lowest BCUT2D eigenvalue weighted by atomic mass is 9.70. The van der Waals surface area contributed by atoms with Crippen molar-refractivity contribution in [2.45, 2.75) is 44.2 Å². The van der Waals surface area contributed by atoms with Crippen LogP contribution in [-0.2, 0) is 11.3 Å². The Morgan fingerprint density at radius 1 is 1.26 bits per heavy atom. The van der Waals surface area contributed by atoms with E-state index in [1.165, 1.54) is 0 Å². The summed E-state index contributed by atoms with van der Waals surface area (Å²) >= 11 is 0. The van der Waals surface area contributed by atoms with Gasteiger partial charge in [-0.3, -0.25) is 4.79 Å². The van der Waals surface area contributed by atoms with Gasteiger partial charge in [0.1, 0.15) is 11.5 Å². The first-order valence-electron chi connectivity index (χ1n) is 8.29. The Labute approximate surface area is 137 Å². The number of aliphatic hydroxyl groups is 1. The molecule has 0 radical (unpaired) electrons. The Balaban J connectivity index is 1.77. The first kappa shape index (κ1) is 16.1. The second kappa shape index (κ2) is 6.40. The number of hydrogen-bond donors (Lipinski definition) is 1. The molecule has 0 bridgehead atoms. The number of likely N-dealkylation sites (tertiary alicyclic amines) is 1. The van der Waals surface area contributed by atoms with Crippen molar-refractivity contribution in [3.63, 3.8) is 0 Å². The van der Waals surface area contributed by atoms with Crippen LogP contribution in [0, 0.1) is 5.92 Å². The number of nitrogens with zero attached hydrogens (tertiary/aromatic N) is 1. The van der Waals surface area contributed by atoms with Crippen LogP contribution in [0.2, 0.25) is 0 Å². The third-order valence-corrected chi connectivity index (χ3v) is 5.28. The molecule has 2 fully saturated rings. The van der Waals surface area contributed by atoms with Crippen molar-refractivity contribution >= 4 is 5.91 Å². The standard InChI is InChI=1S/C18H25NO4/c1-22-14-7-6-13(16(11-14)23-2)12-19-10-9-18(21)8-4-3-5-15(18)17(19)20/h6-7,11,15,21H,3-5,8-10,12H2,1-2H3/t15-,18+/m1/s1. The summed E-state index contributed by atoms with van der Waals surface area (Å²) < 4.78 is 10.6. The van der Waals surface area contributed by atoms with E-state index in [0.717, 1.165) is 42.7 Å². The lowest BCUT2D eigenvalue weighted by Crippen LogP contribution is -2.56. The van der Waals surface area contributed by atoms with Crippen molar-refractivity contribution in [2.75, 3.05) is 20.8 Å². The van der Waals surface area contributed by atoms with Crippen LogP contribution in [0.15, 0.2) is 18.2 Å². The van der Waals surface area contributed by atoms with Gasteiger partial charge in [-0.1, -0.05) is 12.8 Å². The topological polar surface area (TPSA) is 59.0 Å². The summed E-state index contributed by atoms with van der Waals surface area (Å²) in [4.78, 5) is 14.6. The summed E-state index contributed by atoms with van der Waals surface area (Å²) in [5.74, 6) is 1.30. The zero-order valence-electron chi connectivity index (χ0n) is 13.9. The Hall–Kier alpha value is -1.75. The maximum Gasteiger partial charge on any atom is 0.228 e. The molecule has 1 N–H and O–H groups in total. The van der Waals surface area contributed by atoms with E-state index in [1.54, 1.807) is 14.2 Å². The summed E-state index contributed by atoms with van der Waals surface area (Å²) in [6.45, 7) is 1.11. The fourth-order valence-corrected chi connectivity index (χ4v) is 3.88. The molecule has 1 aliphatic carbocycles. The van der Waals surface area contributed by atoms with E-state index in [1.807, 2.05) is 23.1 Å². The van der Waals surface area contributed by atoms with Gasteiger partial charge in [-0.15, -0.1) is 0 Å². The summed E-state index contributed by atoms with van der Waals surface area (Å²) in [6.07, 6.45) is 4.27. The van der Waals surface area contributed by atoms with Crippen molar-refractivity contribution in [2.24, 2.45) is 5.92 Å². The van der Waals surface area contributed by atoms with E-state index in [4.69, 9.17) is 9.47 Å². The summed E-state index contributed by atoms with van der Waals surface area (Å²) in [5, 5.41) is 10.7. The Morgan fingerprint density at radius 3 is 2.83 bits per heavy atom. The SMILES string of the molecule is COc1ccc(CN2CC[C@@]3(O)CCCC[C@@H]3C2=O)c(OC)c1. The highest BCUT2D eigenvalue weighted by molar-refractivity contribution is 5.81. The van der Waals surface area contributed by atoms with E-state index in [2.05, 4.69) is 0 Å². The molecule has 1 saturated carbocycles. The number of ether oxygens (including phenoxy) is 2. The average molecular weight is 319 g/mol. The lowest BCUT2D eigenvalue weighted by molar-refractivity contribution is -0.161. The number of rotatable bonds is 4. The van der Waals surface area contributed by atoms with Gasteiger partial charge < -0.3 is 19.5 Å². The number of amides is 1. The maximum atomic E-state index is 12.8. The highest BCUT2D eigenvalue weighted by Gasteiger charge is 2.47. The van der Waals surface area contributed by atoms with Crippen LogP contribution in [0.5, 0.6) is 11.5 Å². The minimum Gasteiger partial charge on any atom is -0.497 e. The van der Waals surface area contributed by atoms with E-state index < -0.39 is 5.60 Å². The van der Waals surface area contributed by atoms with Crippen molar-refractivity contribution in [3.8, 4) is 11.5 Å². The van der Waals surface area contributed by atoms with Crippen molar-refractivity contribution in [1.29, 1.82) is 0 Å². The fraction of sp³-hybridized carbons (Fsp3) is 0.611. The predicted molar refractivity (Wildman–Crippen MR) is 86.5 cm³/mol. The molecule has 5 heteroatoms. The molecule has 1 amide bonds. The number of carbonyl (C=O) groups excluding carboxylic acids is 1. The number of piperidine rings is 1. The number of methoxy groups -OCH3 is 2. The third-order valence-electron chi connectivity index (χ3n) is 5.28. The Bertz CT molecular complexity index is 588. The number of benzene rings is 1. The first-order chi connectivity index (χ1) is 11.1. The van der Waals surface area contributed by atoms with E-state index in [-0.39, 0.29) is 11.8 Å². The number of hydrogen-bond acceptors (Lipinski definition) is 4. The van der Waals surface area contributed by atoms with Gasteiger partial charge in [0.15, 0.2) is 0 Å². The smallest absolute Gasteiger partial charge is 0.228 e. The van der Waals surface area contributed by atoms with Crippen molar-refractivity contribution in [1.82, 2.24) is 4.90 Å². The summed E-state index contributed by atoms with van der Waals surface area (Å²) in [5.41, 5.74) is 0.179. The molecular formula is C18H25NO4. The summed E-state index contributed by atoms with van der Waals surface area (Å²) in [6, 6.07) is 5.65. The lowest BCUT2D eigenvalue weighted by Gasteiger charge is -2.46. The van der Waals surface area contributed by atoms with Gasteiger partial charge in [-0.25, -0.2) is 0 Å². The zero-order valence-corrected chi connectivity index (χ0v) is 13.9. The molecule has 2 aliphatic rings. The molecule has 5 nitrogen and oxygen atoms in total. The van der Waals surface area contributed by atoms with Crippen LogP contribution in [0.4, 0.5) is 0 Å². The molecule has 1 saturated heterocycles. The second-order valence-corrected chi connectivity index (χ2v) is 6.59. The van der Waals surface area contributed by atoms with Gasteiger partial charge in [0.2, 0.25) is 5.91 Å². The van der Waals surface area contributed by atoms with Crippen LogP contribution >= 0.6 is 0 Å². The molecule has 2 atom stereocenters. The van der Waals surface area contributed by atoms with Crippen LogP contribution < -0.4 is 9.47 Å². The van der Waals surface area contributed by atoms with Gasteiger partial charge in [0, 0.05) is 24.7 Å². The highest BCUT2D eigenvalue weighted by atomic mass is 16.5. The predicted octanol–water partition coefficient (Wildman–Crippen LogP) is 2.36. The molecule has 3 rings (SSSR count). The largest absolute Gasteiger partial charge is 0.497 e. The maximum absolute atomic E-state index is 12.8. The molecular weight excluding hydrogens is 294 g/mol. The fourth-order valence-electron chi connectivity index (χ4n) is 3.88. The van der Waals surface area contributed by atoms with Gasteiger partial charge in [-0.05, 0) is 31.4 Å². The normalized spacial score (nSPS) is 27.5. The van der Waals surface area contributed by atoms with E-state index in [9.17, 15) is 9.90 Å². The minimum absolute atomic E-state index is 0.0799. The van der Waals surface area contributed by atoms with Gasteiger partial charge in [0.25, 0.3) is 0 Å². The molecule has 1 aromatic rings. The zero-order chi connectivity index (χ0) is 16.4. The Morgan fingerprint density at radius 2 is 2.09 bits per heavy atom. The van der Waals surface area contributed by atoms with Gasteiger partial charge >= 0.3 is 0 Å². The molecule has 0 spiro atoms. The molecule has 0 unspecified atom stereocenters. The second-order valence-electron chi connectivity index (χ2n) is 6.59. The van der Waals surface area contributed by atoms with Crippen molar-refractivity contribution < 1.29 is 19.4 Å². The monoisotopic (exact) mass is 319 g/mol. The van der Waals surface area contributed by atoms with Gasteiger partial charge in [0.05, 0.1) is 25.7 Å². The first-order valence-corrected chi connectivity index (χ1v) is 8.29. The molecule has 1 aliphatic heterocycles. The number of fused-ring (bicyclic) bond motifs is 1. The van der Waals surface area contributed by atoms with Crippen LogP contribution in [0.25, 0.3) is 0 Å². The molecule has 126 valence electrons.